The number of fused-ring (bicyclic) bond motifs is 1. The number of benzene rings is 3. The van der Waals surface area contributed by atoms with Crippen molar-refractivity contribution < 1.29 is 10.0 Å². The molecule has 2 N–H and O–H groups in total. The Morgan fingerprint density at radius 3 is 2.09 bits per heavy atom. The Balaban J connectivity index is 1.74. The third-order valence-corrected chi connectivity index (χ3v) is 6.69. The SMILES string of the molecule is Cc1cc(CCc2ccc3nc(-c4cc(C)cc(C)c4)c(C)c(CC(C)C)c3c2)cc(B(O)O)c1. The predicted molar refractivity (Wildman–Crippen MR) is 148 cm³/mol. The molecule has 0 radical (unpaired) electrons. The Kier molecular flexibility index (Phi) is 7.44. The summed E-state index contributed by atoms with van der Waals surface area (Å²) >= 11 is 0. The van der Waals surface area contributed by atoms with Gasteiger partial charge in [-0.2, -0.15) is 0 Å². The van der Waals surface area contributed by atoms with Gasteiger partial charge >= 0.3 is 7.12 Å². The summed E-state index contributed by atoms with van der Waals surface area (Å²) in [5.74, 6) is 0.547. The van der Waals surface area contributed by atoms with E-state index in [2.05, 4.69) is 77.1 Å². The van der Waals surface area contributed by atoms with Crippen LogP contribution in [-0.2, 0) is 19.3 Å². The van der Waals surface area contributed by atoms with Crippen LogP contribution in [0.2, 0.25) is 0 Å². The second-order valence-corrected chi connectivity index (χ2v) is 10.5. The van der Waals surface area contributed by atoms with Gasteiger partial charge in [-0.15, -0.1) is 0 Å². The van der Waals surface area contributed by atoms with Gasteiger partial charge in [0.1, 0.15) is 0 Å². The lowest BCUT2D eigenvalue weighted by molar-refractivity contribution is 0.425. The largest absolute Gasteiger partial charge is 0.488 e. The lowest BCUT2D eigenvalue weighted by atomic mass is 9.78. The van der Waals surface area contributed by atoms with Crippen LogP contribution in [0, 0.1) is 33.6 Å². The Labute approximate surface area is 210 Å². The van der Waals surface area contributed by atoms with E-state index in [9.17, 15) is 10.0 Å². The summed E-state index contributed by atoms with van der Waals surface area (Å²) in [5.41, 5.74) is 12.5. The number of nitrogens with zero attached hydrogens (tertiary/aromatic N) is 1. The first-order chi connectivity index (χ1) is 16.6. The molecule has 35 heavy (non-hydrogen) atoms. The van der Waals surface area contributed by atoms with Crippen molar-refractivity contribution in [2.45, 2.75) is 60.8 Å². The highest BCUT2D eigenvalue weighted by atomic mass is 16.4. The first-order valence-corrected chi connectivity index (χ1v) is 12.6. The fraction of sp³-hybridized carbons (Fsp3) is 0.323. The van der Waals surface area contributed by atoms with Crippen LogP contribution in [0.1, 0.15) is 52.8 Å². The maximum Gasteiger partial charge on any atom is 0.488 e. The van der Waals surface area contributed by atoms with Gasteiger partial charge in [-0.3, -0.25) is 0 Å². The lowest BCUT2D eigenvalue weighted by Gasteiger charge is -2.18. The van der Waals surface area contributed by atoms with Crippen LogP contribution in [-0.4, -0.2) is 22.2 Å². The van der Waals surface area contributed by atoms with Crippen molar-refractivity contribution >= 4 is 23.5 Å². The zero-order chi connectivity index (χ0) is 25.3. The van der Waals surface area contributed by atoms with Crippen LogP contribution in [0.5, 0.6) is 0 Å². The maximum atomic E-state index is 9.59. The molecule has 4 aromatic rings. The van der Waals surface area contributed by atoms with Crippen LogP contribution < -0.4 is 5.46 Å². The summed E-state index contributed by atoms with van der Waals surface area (Å²) in [5, 5.41) is 20.4. The van der Waals surface area contributed by atoms with Crippen molar-refractivity contribution in [1.82, 2.24) is 4.98 Å². The van der Waals surface area contributed by atoms with Gasteiger partial charge in [-0.25, -0.2) is 4.98 Å². The second-order valence-electron chi connectivity index (χ2n) is 10.5. The van der Waals surface area contributed by atoms with Crippen LogP contribution in [0.4, 0.5) is 0 Å². The Hall–Kier alpha value is -2.95. The molecule has 0 saturated heterocycles. The molecule has 0 saturated carbocycles. The molecule has 3 nitrogen and oxygen atoms in total. The summed E-state index contributed by atoms with van der Waals surface area (Å²) in [6.07, 6.45) is 2.75. The minimum Gasteiger partial charge on any atom is -0.423 e. The summed E-state index contributed by atoms with van der Waals surface area (Å²) < 4.78 is 0. The van der Waals surface area contributed by atoms with Crippen LogP contribution in [0.25, 0.3) is 22.2 Å². The van der Waals surface area contributed by atoms with Crippen molar-refractivity contribution in [2.75, 3.05) is 0 Å². The Bertz CT molecular complexity index is 1350. The first-order valence-electron chi connectivity index (χ1n) is 12.6. The fourth-order valence-corrected chi connectivity index (χ4v) is 5.17. The van der Waals surface area contributed by atoms with Crippen molar-refractivity contribution in [3.05, 3.63) is 93.5 Å². The average Bonchev–Trinajstić information content (AvgIpc) is 2.78. The third-order valence-electron chi connectivity index (χ3n) is 6.69. The molecule has 0 bridgehead atoms. The van der Waals surface area contributed by atoms with E-state index in [4.69, 9.17) is 4.98 Å². The molecule has 1 heterocycles. The minimum atomic E-state index is -1.44. The number of hydrogen-bond donors (Lipinski definition) is 2. The number of aryl methyl sites for hydroxylation is 5. The van der Waals surface area contributed by atoms with Crippen molar-refractivity contribution in [1.29, 1.82) is 0 Å². The molecule has 0 aliphatic rings. The summed E-state index contributed by atoms with van der Waals surface area (Å²) in [6, 6.07) is 19.2. The van der Waals surface area contributed by atoms with E-state index in [0.717, 1.165) is 41.6 Å². The molecule has 4 rings (SSSR count). The number of aromatic nitrogens is 1. The standard InChI is InChI=1S/C31H36BNO2/c1-19(2)11-28-23(6)31(26-14-20(3)12-21(4)15-26)33-30-10-9-24(18-29(28)30)7-8-25-13-22(5)16-27(17-25)32(34)35/h9-10,12-19,34-35H,7-8,11H2,1-6H3. The van der Waals surface area contributed by atoms with Crippen molar-refractivity contribution in [2.24, 2.45) is 5.92 Å². The maximum absolute atomic E-state index is 9.59. The molecule has 0 aliphatic carbocycles. The summed E-state index contributed by atoms with van der Waals surface area (Å²) in [6.45, 7) is 13.1. The van der Waals surface area contributed by atoms with Gasteiger partial charge in [-0.05, 0) is 105 Å². The molecule has 0 aliphatic heterocycles. The molecule has 0 unspecified atom stereocenters. The van der Waals surface area contributed by atoms with Crippen LogP contribution >= 0.6 is 0 Å². The van der Waals surface area contributed by atoms with Gasteiger partial charge in [0.15, 0.2) is 0 Å². The van der Waals surface area contributed by atoms with Gasteiger partial charge in [-0.1, -0.05) is 60.9 Å². The van der Waals surface area contributed by atoms with Gasteiger partial charge in [0, 0.05) is 10.9 Å². The van der Waals surface area contributed by atoms with E-state index >= 15 is 0 Å². The van der Waals surface area contributed by atoms with Crippen LogP contribution in [0.15, 0.2) is 54.6 Å². The van der Waals surface area contributed by atoms with Crippen molar-refractivity contribution in [3.63, 3.8) is 0 Å². The predicted octanol–water partition coefficient (Wildman–Crippen LogP) is 5.80. The third kappa shape index (κ3) is 5.83. The second kappa shape index (κ2) is 10.4. The molecular weight excluding hydrogens is 429 g/mol. The highest BCUT2D eigenvalue weighted by molar-refractivity contribution is 6.58. The molecule has 1 aromatic heterocycles. The molecular formula is C31H36BNO2. The fourth-order valence-electron chi connectivity index (χ4n) is 5.17. The highest BCUT2D eigenvalue weighted by Crippen LogP contribution is 2.33. The first kappa shape index (κ1) is 25.2. The zero-order valence-electron chi connectivity index (χ0n) is 21.8. The zero-order valence-corrected chi connectivity index (χ0v) is 21.8. The van der Waals surface area contributed by atoms with E-state index < -0.39 is 7.12 Å². The van der Waals surface area contributed by atoms with Gasteiger partial charge in [0.2, 0.25) is 0 Å². The van der Waals surface area contributed by atoms with Gasteiger partial charge in [0.25, 0.3) is 0 Å². The number of pyridine rings is 1. The normalized spacial score (nSPS) is 11.5. The topological polar surface area (TPSA) is 53.4 Å². The van der Waals surface area contributed by atoms with Gasteiger partial charge < -0.3 is 10.0 Å². The summed E-state index contributed by atoms with van der Waals surface area (Å²) in [4.78, 5) is 5.14. The quantitative estimate of drug-likeness (QED) is 0.339. The Morgan fingerprint density at radius 1 is 0.771 bits per heavy atom. The highest BCUT2D eigenvalue weighted by Gasteiger charge is 2.16. The van der Waals surface area contributed by atoms with E-state index in [0.29, 0.717) is 11.4 Å². The monoisotopic (exact) mass is 465 g/mol. The molecule has 0 fully saturated rings. The van der Waals surface area contributed by atoms with E-state index in [1.54, 1.807) is 0 Å². The summed E-state index contributed by atoms with van der Waals surface area (Å²) in [7, 11) is -1.44. The van der Waals surface area contributed by atoms with E-state index in [1.165, 1.54) is 38.8 Å². The number of rotatable bonds is 7. The molecule has 0 spiro atoms. The van der Waals surface area contributed by atoms with Crippen molar-refractivity contribution in [3.8, 4) is 11.3 Å². The van der Waals surface area contributed by atoms with E-state index in [-0.39, 0.29) is 0 Å². The van der Waals surface area contributed by atoms with Crippen LogP contribution in [0.3, 0.4) is 0 Å². The lowest BCUT2D eigenvalue weighted by Crippen LogP contribution is -2.30. The smallest absolute Gasteiger partial charge is 0.423 e. The Morgan fingerprint density at radius 2 is 1.43 bits per heavy atom. The molecule has 4 heteroatoms. The molecule has 180 valence electrons. The van der Waals surface area contributed by atoms with Gasteiger partial charge in [0.05, 0.1) is 11.2 Å². The molecule has 0 atom stereocenters. The molecule has 3 aromatic carbocycles. The molecule has 0 amide bonds. The number of hydrogen-bond acceptors (Lipinski definition) is 3. The van der Waals surface area contributed by atoms with E-state index in [1.807, 2.05) is 19.1 Å². The average molecular weight is 465 g/mol. The minimum absolute atomic E-state index is 0.547.